The van der Waals surface area contributed by atoms with E-state index in [-0.39, 0.29) is 0 Å². The summed E-state index contributed by atoms with van der Waals surface area (Å²) in [6.07, 6.45) is -0.429. The highest BCUT2D eigenvalue weighted by atomic mass is 19.1. The van der Waals surface area contributed by atoms with Crippen LogP contribution in [0, 0.1) is 5.95 Å². The zero-order valence-corrected chi connectivity index (χ0v) is 6.64. The molecule has 1 unspecified atom stereocenters. The molecule has 1 aromatic rings. The molecule has 0 bridgehead atoms. The molecule has 0 saturated carbocycles. The van der Waals surface area contributed by atoms with Crippen molar-refractivity contribution in [3.63, 3.8) is 0 Å². The van der Waals surface area contributed by atoms with Gasteiger partial charge in [-0.25, -0.2) is 4.98 Å². The number of carbonyl (C=O) groups is 1. The van der Waals surface area contributed by atoms with E-state index in [0.717, 1.165) is 12.3 Å². The number of nitrogens with zero attached hydrogens (tertiary/aromatic N) is 1. The Bertz CT molecular complexity index is 299. The molecule has 1 atom stereocenters. The summed E-state index contributed by atoms with van der Waals surface area (Å²) in [6, 6.07) is 2.37. The Balaban J connectivity index is 2.71. The summed E-state index contributed by atoms with van der Waals surface area (Å²) in [4.78, 5) is 13.5. The average Bonchev–Trinajstić information content (AvgIpc) is 2.04. The Labute approximate surface area is 73.7 Å². The summed E-state index contributed by atoms with van der Waals surface area (Å²) >= 11 is 0. The molecule has 0 aliphatic carbocycles. The van der Waals surface area contributed by atoms with Crippen molar-refractivity contribution in [3.8, 4) is 0 Å². The van der Waals surface area contributed by atoms with Crippen LogP contribution in [-0.4, -0.2) is 21.2 Å². The quantitative estimate of drug-likeness (QED) is 0.681. The Hall–Kier alpha value is -1.49. The van der Waals surface area contributed by atoms with Gasteiger partial charge in [-0.15, -0.1) is 0 Å². The minimum atomic E-state index is -1.13. The fourth-order valence-corrected chi connectivity index (χ4v) is 0.868. The highest BCUT2D eigenvalue weighted by Gasteiger charge is 2.11. The average molecular weight is 185 g/mol. The van der Waals surface area contributed by atoms with E-state index in [9.17, 15) is 14.3 Å². The van der Waals surface area contributed by atoms with Crippen LogP contribution in [0.2, 0.25) is 0 Å². The van der Waals surface area contributed by atoms with Crippen molar-refractivity contribution in [2.24, 2.45) is 0 Å². The van der Waals surface area contributed by atoms with E-state index in [1.54, 1.807) is 0 Å². The standard InChI is InChI=1S/C8H8FNO3/c9-7-2-1-5(4-10-7)6(11)3-8(12)13/h1-2,4,6,11H,3H2,(H,12,13). The molecule has 0 radical (unpaired) electrons. The smallest absolute Gasteiger partial charge is 0.306 e. The number of hydrogen-bond acceptors (Lipinski definition) is 3. The van der Waals surface area contributed by atoms with Crippen molar-refractivity contribution < 1.29 is 19.4 Å². The molecule has 1 aromatic heterocycles. The summed E-state index contributed by atoms with van der Waals surface area (Å²) in [5, 5.41) is 17.6. The number of aliphatic carboxylic acids is 1. The van der Waals surface area contributed by atoms with E-state index >= 15 is 0 Å². The van der Waals surface area contributed by atoms with Gasteiger partial charge in [-0.3, -0.25) is 4.79 Å². The van der Waals surface area contributed by atoms with Crippen LogP contribution in [0.25, 0.3) is 0 Å². The number of rotatable bonds is 3. The zero-order chi connectivity index (χ0) is 9.84. The number of halogens is 1. The van der Waals surface area contributed by atoms with E-state index < -0.39 is 24.4 Å². The molecule has 0 spiro atoms. The monoisotopic (exact) mass is 185 g/mol. The molecule has 4 nitrogen and oxygen atoms in total. The molecule has 0 amide bonds. The van der Waals surface area contributed by atoms with Crippen molar-refractivity contribution in [3.05, 3.63) is 29.8 Å². The van der Waals surface area contributed by atoms with Gasteiger partial charge in [0.15, 0.2) is 0 Å². The van der Waals surface area contributed by atoms with E-state index in [1.807, 2.05) is 0 Å². The number of aliphatic hydroxyl groups is 1. The first kappa shape index (κ1) is 9.60. The summed E-state index contributed by atoms with van der Waals surface area (Å²) in [5.74, 6) is -1.77. The van der Waals surface area contributed by atoms with Crippen molar-refractivity contribution in [2.45, 2.75) is 12.5 Å². The van der Waals surface area contributed by atoms with Crippen LogP contribution < -0.4 is 0 Å². The molecule has 13 heavy (non-hydrogen) atoms. The molecular weight excluding hydrogens is 177 g/mol. The molecule has 0 saturated heterocycles. The lowest BCUT2D eigenvalue weighted by Crippen LogP contribution is -2.05. The number of aromatic nitrogens is 1. The molecule has 1 rings (SSSR count). The Morgan fingerprint density at radius 1 is 1.62 bits per heavy atom. The van der Waals surface area contributed by atoms with Crippen LogP contribution in [0.5, 0.6) is 0 Å². The van der Waals surface area contributed by atoms with Gasteiger partial charge in [0.25, 0.3) is 0 Å². The molecule has 0 aromatic carbocycles. The molecule has 2 N–H and O–H groups in total. The minimum absolute atomic E-state index is 0.295. The van der Waals surface area contributed by atoms with Crippen LogP contribution in [0.1, 0.15) is 18.1 Å². The lowest BCUT2D eigenvalue weighted by atomic mass is 10.1. The highest BCUT2D eigenvalue weighted by Crippen LogP contribution is 2.14. The van der Waals surface area contributed by atoms with Gasteiger partial charge in [-0.05, 0) is 11.6 Å². The molecule has 0 aliphatic heterocycles. The van der Waals surface area contributed by atoms with Gasteiger partial charge in [0.2, 0.25) is 5.95 Å². The van der Waals surface area contributed by atoms with Crippen LogP contribution in [-0.2, 0) is 4.79 Å². The van der Waals surface area contributed by atoms with Crippen molar-refractivity contribution in [2.75, 3.05) is 0 Å². The highest BCUT2D eigenvalue weighted by molar-refractivity contribution is 5.67. The predicted molar refractivity (Wildman–Crippen MR) is 41.4 cm³/mol. The second-order valence-electron chi connectivity index (χ2n) is 2.53. The number of aliphatic hydroxyl groups excluding tert-OH is 1. The lowest BCUT2D eigenvalue weighted by molar-refractivity contribution is -0.139. The largest absolute Gasteiger partial charge is 0.481 e. The Kier molecular flexibility index (Phi) is 2.92. The second kappa shape index (κ2) is 3.95. The van der Waals surface area contributed by atoms with Gasteiger partial charge in [0.05, 0.1) is 12.5 Å². The van der Waals surface area contributed by atoms with Crippen LogP contribution in [0.15, 0.2) is 18.3 Å². The third-order valence-electron chi connectivity index (χ3n) is 1.50. The van der Waals surface area contributed by atoms with Crippen LogP contribution >= 0.6 is 0 Å². The molecule has 1 heterocycles. The summed E-state index contributed by atoms with van der Waals surface area (Å²) in [6.45, 7) is 0. The van der Waals surface area contributed by atoms with Crippen molar-refractivity contribution in [1.29, 1.82) is 0 Å². The minimum Gasteiger partial charge on any atom is -0.481 e. The summed E-state index contributed by atoms with van der Waals surface area (Å²) < 4.78 is 12.3. The van der Waals surface area contributed by atoms with E-state index in [4.69, 9.17) is 5.11 Å². The maximum atomic E-state index is 12.3. The predicted octanol–water partition coefficient (Wildman–Crippen LogP) is 0.729. The van der Waals surface area contributed by atoms with E-state index in [2.05, 4.69) is 4.98 Å². The SMILES string of the molecule is O=C(O)CC(O)c1ccc(F)nc1. The van der Waals surface area contributed by atoms with Crippen molar-refractivity contribution in [1.82, 2.24) is 4.98 Å². The Morgan fingerprint density at radius 3 is 2.77 bits per heavy atom. The molecule has 0 aliphatic rings. The first-order valence-corrected chi connectivity index (χ1v) is 3.61. The lowest BCUT2D eigenvalue weighted by Gasteiger charge is -2.06. The normalized spacial score (nSPS) is 12.5. The fourth-order valence-electron chi connectivity index (χ4n) is 0.868. The van der Waals surface area contributed by atoms with Gasteiger partial charge in [-0.2, -0.15) is 4.39 Å². The van der Waals surface area contributed by atoms with E-state index in [0.29, 0.717) is 5.56 Å². The molecule has 5 heteroatoms. The maximum absolute atomic E-state index is 12.3. The molecule has 0 fully saturated rings. The maximum Gasteiger partial charge on any atom is 0.306 e. The van der Waals surface area contributed by atoms with Gasteiger partial charge in [0, 0.05) is 6.20 Å². The van der Waals surface area contributed by atoms with Crippen LogP contribution in [0.3, 0.4) is 0 Å². The fraction of sp³-hybridized carbons (Fsp3) is 0.250. The van der Waals surface area contributed by atoms with Gasteiger partial charge in [-0.1, -0.05) is 6.07 Å². The summed E-state index contributed by atoms with van der Waals surface area (Å²) in [7, 11) is 0. The van der Waals surface area contributed by atoms with Crippen LogP contribution in [0.4, 0.5) is 4.39 Å². The van der Waals surface area contributed by atoms with Gasteiger partial charge < -0.3 is 10.2 Å². The number of carboxylic acids is 1. The third-order valence-corrected chi connectivity index (χ3v) is 1.50. The Morgan fingerprint density at radius 2 is 2.31 bits per heavy atom. The molecular formula is C8H8FNO3. The third kappa shape index (κ3) is 2.79. The first-order chi connectivity index (χ1) is 6.09. The topological polar surface area (TPSA) is 70.4 Å². The summed E-state index contributed by atoms with van der Waals surface area (Å²) in [5.41, 5.74) is 0.295. The van der Waals surface area contributed by atoms with E-state index in [1.165, 1.54) is 6.07 Å². The first-order valence-electron chi connectivity index (χ1n) is 3.61. The van der Waals surface area contributed by atoms with Gasteiger partial charge in [0.1, 0.15) is 0 Å². The number of carboxylic acid groups (broad SMARTS) is 1. The zero-order valence-electron chi connectivity index (χ0n) is 6.64. The number of hydrogen-bond donors (Lipinski definition) is 2. The van der Waals surface area contributed by atoms with Gasteiger partial charge >= 0.3 is 5.97 Å². The second-order valence-corrected chi connectivity index (χ2v) is 2.53. The number of pyridine rings is 1. The molecule has 70 valence electrons. The van der Waals surface area contributed by atoms with Crippen molar-refractivity contribution >= 4 is 5.97 Å².